The molecular weight excluding hydrogens is 238 g/mol. The molecule has 3 rings (SSSR count). The van der Waals surface area contributed by atoms with E-state index in [0.29, 0.717) is 6.42 Å². The van der Waals surface area contributed by atoms with Crippen LogP contribution in [0.15, 0.2) is 24.7 Å². The van der Waals surface area contributed by atoms with Crippen LogP contribution in [0.3, 0.4) is 0 Å². The second-order valence-electron chi connectivity index (χ2n) is 6.27. The number of nitrogens with zero attached hydrogens (tertiary/aromatic N) is 3. The van der Waals surface area contributed by atoms with Crippen molar-refractivity contribution in [1.82, 2.24) is 14.3 Å². The van der Waals surface area contributed by atoms with Gasteiger partial charge >= 0.3 is 0 Å². The van der Waals surface area contributed by atoms with Gasteiger partial charge in [-0.3, -0.25) is 9.48 Å². The van der Waals surface area contributed by atoms with Crippen LogP contribution < -0.4 is 0 Å². The van der Waals surface area contributed by atoms with Crippen LogP contribution in [0.2, 0.25) is 0 Å². The van der Waals surface area contributed by atoms with Gasteiger partial charge < -0.3 is 4.57 Å². The third kappa shape index (κ3) is 2.23. The third-order valence-corrected chi connectivity index (χ3v) is 3.78. The Labute approximate surface area is 113 Å². The van der Waals surface area contributed by atoms with E-state index in [1.165, 1.54) is 5.69 Å². The first-order valence-corrected chi connectivity index (χ1v) is 6.63. The molecule has 0 bridgehead atoms. The SMILES string of the molecule is Cn1cc(Cn2ccc3c2CC(C)(C)CC3=O)cn1. The van der Waals surface area contributed by atoms with E-state index in [2.05, 4.69) is 23.5 Å². The third-order valence-electron chi connectivity index (χ3n) is 3.78. The minimum Gasteiger partial charge on any atom is -0.346 e. The van der Waals surface area contributed by atoms with Crippen LogP contribution in [0, 0.1) is 5.41 Å². The van der Waals surface area contributed by atoms with E-state index in [-0.39, 0.29) is 11.2 Å². The Hall–Kier alpha value is -1.84. The average Bonchev–Trinajstić information content (AvgIpc) is 2.86. The minimum absolute atomic E-state index is 0.0646. The second-order valence-corrected chi connectivity index (χ2v) is 6.27. The molecule has 0 aliphatic heterocycles. The molecule has 0 saturated carbocycles. The van der Waals surface area contributed by atoms with E-state index in [1.807, 2.05) is 31.7 Å². The summed E-state index contributed by atoms with van der Waals surface area (Å²) in [6, 6.07) is 1.96. The molecule has 0 radical (unpaired) electrons. The molecule has 0 atom stereocenters. The summed E-state index contributed by atoms with van der Waals surface area (Å²) in [5, 5.41) is 4.19. The van der Waals surface area contributed by atoms with Crippen molar-refractivity contribution in [3.05, 3.63) is 41.5 Å². The van der Waals surface area contributed by atoms with Crippen LogP contribution in [-0.2, 0) is 20.0 Å². The van der Waals surface area contributed by atoms with Crippen molar-refractivity contribution in [3.8, 4) is 0 Å². The highest BCUT2D eigenvalue weighted by Crippen LogP contribution is 2.35. The molecule has 0 amide bonds. The maximum absolute atomic E-state index is 12.1. The quantitative estimate of drug-likeness (QED) is 0.829. The van der Waals surface area contributed by atoms with Crippen LogP contribution in [0.25, 0.3) is 0 Å². The summed E-state index contributed by atoms with van der Waals surface area (Å²) in [7, 11) is 1.92. The highest BCUT2D eigenvalue weighted by atomic mass is 16.1. The molecule has 100 valence electrons. The molecule has 2 aromatic heterocycles. The summed E-state index contributed by atoms with van der Waals surface area (Å²) < 4.78 is 3.99. The molecule has 4 nitrogen and oxygen atoms in total. The molecule has 0 aromatic carbocycles. The molecule has 0 N–H and O–H groups in total. The number of aromatic nitrogens is 3. The van der Waals surface area contributed by atoms with E-state index in [9.17, 15) is 4.79 Å². The standard InChI is InChI=1S/C15H19N3O/c1-15(2)6-13-12(14(19)7-15)4-5-18(13)10-11-8-16-17(3)9-11/h4-5,8-9H,6-7,10H2,1-3H3. The van der Waals surface area contributed by atoms with Gasteiger partial charge in [-0.15, -0.1) is 0 Å². The van der Waals surface area contributed by atoms with Gasteiger partial charge in [0.15, 0.2) is 5.78 Å². The van der Waals surface area contributed by atoms with E-state index in [4.69, 9.17) is 0 Å². The van der Waals surface area contributed by atoms with Gasteiger partial charge in [0.05, 0.1) is 12.7 Å². The van der Waals surface area contributed by atoms with E-state index in [0.717, 1.165) is 24.1 Å². The number of hydrogen-bond acceptors (Lipinski definition) is 2. The lowest BCUT2D eigenvalue weighted by Crippen LogP contribution is -2.28. The summed E-state index contributed by atoms with van der Waals surface area (Å²) in [5.41, 5.74) is 3.31. The lowest BCUT2D eigenvalue weighted by atomic mass is 9.76. The molecule has 0 unspecified atom stereocenters. The Bertz CT molecular complexity index is 634. The summed E-state index contributed by atoms with van der Waals surface area (Å²) in [6.07, 6.45) is 7.53. The number of carbonyl (C=O) groups is 1. The Morgan fingerprint density at radius 3 is 2.84 bits per heavy atom. The zero-order valence-corrected chi connectivity index (χ0v) is 11.7. The normalized spacial score (nSPS) is 17.5. The smallest absolute Gasteiger partial charge is 0.165 e. The number of hydrogen-bond donors (Lipinski definition) is 0. The van der Waals surface area contributed by atoms with Crippen LogP contribution in [0.5, 0.6) is 0 Å². The molecule has 1 aliphatic carbocycles. The highest BCUT2D eigenvalue weighted by molar-refractivity contribution is 5.98. The topological polar surface area (TPSA) is 39.8 Å². The molecule has 2 aromatic rings. The monoisotopic (exact) mass is 257 g/mol. The molecule has 1 aliphatic rings. The molecule has 0 saturated heterocycles. The summed E-state index contributed by atoms with van der Waals surface area (Å²) in [6.45, 7) is 5.11. The van der Waals surface area contributed by atoms with Crippen LogP contribution >= 0.6 is 0 Å². The van der Waals surface area contributed by atoms with Crippen molar-refractivity contribution >= 4 is 5.78 Å². The highest BCUT2D eigenvalue weighted by Gasteiger charge is 2.32. The summed E-state index contributed by atoms with van der Waals surface area (Å²) in [5.74, 6) is 0.274. The lowest BCUT2D eigenvalue weighted by molar-refractivity contribution is 0.0910. The predicted octanol–water partition coefficient (Wildman–Crippen LogP) is 2.43. The number of rotatable bonds is 2. The van der Waals surface area contributed by atoms with Crippen molar-refractivity contribution < 1.29 is 4.79 Å². The van der Waals surface area contributed by atoms with Gasteiger partial charge in [-0.2, -0.15) is 5.10 Å². The molecule has 0 spiro atoms. The predicted molar refractivity (Wildman–Crippen MR) is 73.2 cm³/mol. The van der Waals surface area contributed by atoms with Crippen molar-refractivity contribution in [2.45, 2.75) is 33.2 Å². The average molecular weight is 257 g/mol. The summed E-state index contributed by atoms with van der Waals surface area (Å²) >= 11 is 0. The first-order chi connectivity index (χ1) is 8.94. The van der Waals surface area contributed by atoms with Gasteiger partial charge in [0, 0.05) is 42.7 Å². The van der Waals surface area contributed by atoms with E-state index in [1.54, 1.807) is 4.68 Å². The Morgan fingerprint density at radius 1 is 1.37 bits per heavy atom. The number of carbonyl (C=O) groups excluding carboxylic acids is 1. The molecule has 19 heavy (non-hydrogen) atoms. The number of ketones is 1. The molecule has 0 fully saturated rings. The molecule has 4 heteroatoms. The Kier molecular flexibility index (Phi) is 2.62. The zero-order chi connectivity index (χ0) is 13.6. The van der Waals surface area contributed by atoms with Gasteiger partial charge in [0.25, 0.3) is 0 Å². The van der Waals surface area contributed by atoms with Crippen LogP contribution in [0.4, 0.5) is 0 Å². The van der Waals surface area contributed by atoms with Gasteiger partial charge in [-0.05, 0) is 17.9 Å². The fourth-order valence-corrected chi connectivity index (χ4v) is 2.90. The van der Waals surface area contributed by atoms with Crippen LogP contribution in [-0.4, -0.2) is 20.1 Å². The second kappa shape index (κ2) is 4.08. The van der Waals surface area contributed by atoms with Crippen LogP contribution in [0.1, 0.15) is 41.9 Å². The van der Waals surface area contributed by atoms with Crippen molar-refractivity contribution in [3.63, 3.8) is 0 Å². The van der Waals surface area contributed by atoms with Gasteiger partial charge in [0.1, 0.15) is 0 Å². The van der Waals surface area contributed by atoms with E-state index < -0.39 is 0 Å². The fourth-order valence-electron chi connectivity index (χ4n) is 2.90. The Morgan fingerprint density at radius 2 is 2.16 bits per heavy atom. The Balaban J connectivity index is 1.95. The fraction of sp³-hybridized carbons (Fsp3) is 0.467. The van der Waals surface area contributed by atoms with Crippen molar-refractivity contribution in [1.29, 1.82) is 0 Å². The number of Topliss-reactive ketones (excluding diaryl/α,β-unsaturated/α-hetero) is 1. The zero-order valence-electron chi connectivity index (χ0n) is 11.7. The number of fused-ring (bicyclic) bond motifs is 1. The molecule has 2 heterocycles. The van der Waals surface area contributed by atoms with E-state index >= 15 is 0 Å². The van der Waals surface area contributed by atoms with Crippen molar-refractivity contribution in [2.24, 2.45) is 12.5 Å². The van der Waals surface area contributed by atoms with Crippen molar-refractivity contribution in [2.75, 3.05) is 0 Å². The van der Waals surface area contributed by atoms with Gasteiger partial charge in [-0.25, -0.2) is 0 Å². The molecular formula is C15H19N3O. The minimum atomic E-state index is 0.0646. The van der Waals surface area contributed by atoms with Gasteiger partial charge in [0.2, 0.25) is 0 Å². The number of aryl methyl sites for hydroxylation is 1. The first kappa shape index (κ1) is 12.2. The lowest BCUT2D eigenvalue weighted by Gasteiger charge is -2.29. The largest absolute Gasteiger partial charge is 0.346 e. The van der Waals surface area contributed by atoms with Gasteiger partial charge in [-0.1, -0.05) is 13.8 Å². The maximum atomic E-state index is 12.1. The summed E-state index contributed by atoms with van der Waals surface area (Å²) in [4.78, 5) is 12.1. The first-order valence-electron chi connectivity index (χ1n) is 6.63. The maximum Gasteiger partial charge on any atom is 0.165 e.